The van der Waals surface area contributed by atoms with E-state index in [0.717, 1.165) is 26.0 Å². The van der Waals surface area contributed by atoms with Crippen LogP contribution in [-0.4, -0.2) is 9.97 Å². The minimum absolute atomic E-state index is 0.515. The van der Waals surface area contributed by atoms with Gasteiger partial charge in [-0.1, -0.05) is 35.3 Å². The highest BCUT2D eigenvalue weighted by atomic mass is 35.5. The second-order valence-corrected chi connectivity index (χ2v) is 6.47. The summed E-state index contributed by atoms with van der Waals surface area (Å²) in [6.45, 7) is 0. The van der Waals surface area contributed by atoms with E-state index in [4.69, 9.17) is 23.2 Å². The van der Waals surface area contributed by atoms with Crippen molar-refractivity contribution >= 4 is 56.5 Å². The van der Waals surface area contributed by atoms with Gasteiger partial charge in [0.15, 0.2) is 0 Å². The fourth-order valence-electron chi connectivity index (χ4n) is 1.63. The fourth-order valence-corrected chi connectivity index (χ4v) is 3.81. The number of thioether (sulfide) groups is 1. The van der Waals surface area contributed by atoms with Crippen LogP contribution in [0, 0.1) is 0 Å². The van der Waals surface area contributed by atoms with Crippen LogP contribution in [0.4, 0.5) is 0 Å². The van der Waals surface area contributed by atoms with Crippen LogP contribution in [0.5, 0.6) is 0 Å². The number of benzene rings is 1. The number of aromatic nitrogens is 2. The van der Waals surface area contributed by atoms with E-state index in [0.29, 0.717) is 10.9 Å². The molecule has 0 atom stereocenters. The predicted octanol–water partition coefficient (Wildman–Crippen LogP) is 5.29. The highest BCUT2D eigenvalue weighted by Crippen LogP contribution is 2.30. The van der Waals surface area contributed by atoms with Crippen molar-refractivity contribution in [2.45, 2.75) is 10.6 Å². The van der Waals surface area contributed by atoms with Gasteiger partial charge in [0.2, 0.25) is 0 Å². The summed E-state index contributed by atoms with van der Waals surface area (Å²) in [5, 5.41) is 4.14. The zero-order valence-electron chi connectivity index (χ0n) is 9.64. The van der Waals surface area contributed by atoms with E-state index in [1.54, 1.807) is 23.1 Å². The molecule has 1 aromatic carbocycles. The minimum Gasteiger partial charge on any atom is -0.221 e. The maximum Gasteiger partial charge on any atom is 0.142 e. The summed E-state index contributed by atoms with van der Waals surface area (Å²) in [5.74, 6) is 1.38. The largest absolute Gasteiger partial charge is 0.221 e. The molecular formula is C13H8Cl2N2S2. The molecule has 0 amide bonds. The first-order valence-corrected chi connectivity index (χ1v) is 8.13. The predicted molar refractivity (Wildman–Crippen MR) is 83.4 cm³/mol. The van der Waals surface area contributed by atoms with Crippen molar-refractivity contribution in [3.63, 3.8) is 0 Å². The SMILES string of the molecule is Clc1ccccc1SCc1nc(Cl)c2ccsc2n1. The Balaban J connectivity index is 1.84. The van der Waals surface area contributed by atoms with Gasteiger partial charge in [-0.2, -0.15) is 0 Å². The molecule has 0 radical (unpaired) electrons. The van der Waals surface area contributed by atoms with Gasteiger partial charge in [-0.3, -0.25) is 0 Å². The Morgan fingerprint density at radius 2 is 1.95 bits per heavy atom. The zero-order valence-corrected chi connectivity index (χ0v) is 12.8. The maximum absolute atomic E-state index is 6.14. The molecule has 0 unspecified atom stereocenters. The second kappa shape index (κ2) is 5.67. The average molecular weight is 327 g/mol. The van der Waals surface area contributed by atoms with Crippen molar-refractivity contribution < 1.29 is 0 Å². The van der Waals surface area contributed by atoms with Gasteiger partial charge < -0.3 is 0 Å². The molecule has 0 N–H and O–H groups in total. The second-order valence-electron chi connectivity index (χ2n) is 3.79. The van der Waals surface area contributed by atoms with Gasteiger partial charge in [0.1, 0.15) is 15.8 Å². The van der Waals surface area contributed by atoms with E-state index in [1.807, 2.05) is 35.7 Å². The van der Waals surface area contributed by atoms with Gasteiger partial charge in [-0.25, -0.2) is 9.97 Å². The summed E-state index contributed by atoms with van der Waals surface area (Å²) < 4.78 is 0. The molecule has 0 bridgehead atoms. The normalized spacial score (nSPS) is 11.1. The summed E-state index contributed by atoms with van der Waals surface area (Å²) in [6.07, 6.45) is 0. The third kappa shape index (κ3) is 2.87. The van der Waals surface area contributed by atoms with Crippen LogP contribution in [0.15, 0.2) is 40.6 Å². The van der Waals surface area contributed by atoms with E-state index in [1.165, 1.54) is 0 Å². The monoisotopic (exact) mass is 326 g/mol. The molecular weight excluding hydrogens is 319 g/mol. The average Bonchev–Trinajstić information content (AvgIpc) is 2.87. The molecule has 0 saturated heterocycles. The number of rotatable bonds is 3. The molecule has 3 rings (SSSR count). The van der Waals surface area contributed by atoms with E-state index in [9.17, 15) is 0 Å². The van der Waals surface area contributed by atoms with Gasteiger partial charge in [-0.15, -0.1) is 23.1 Å². The van der Waals surface area contributed by atoms with E-state index >= 15 is 0 Å². The lowest BCUT2D eigenvalue weighted by Gasteiger charge is -2.03. The Bertz CT molecular complexity index is 727. The van der Waals surface area contributed by atoms with Gasteiger partial charge >= 0.3 is 0 Å². The van der Waals surface area contributed by atoms with Gasteiger partial charge in [-0.05, 0) is 23.6 Å². The van der Waals surface area contributed by atoms with Crippen LogP contribution in [-0.2, 0) is 5.75 Å². The van der Waals surface area contributed by atoms with Gasteiger partial charge in [0.05, 0.1) is 10.8 Å². The smallest absolute Gasteiger partial charge is 0.142 e. The molecule has 3 aromatic rings. The first-order chi connectivity index (χ1) is 9.24. The fraction of sp³-hybridized carbons (Fsp3) is 0.0769. The summed E-state index contributed by atoms with van der Waals surface area (Å²) in [6, 6.07) is 9.67. The van der Waals surface area contributed by atoms with Crippen LogP contribution >= 0.6 is 46.3 Å². The highest BCUT2D eigenvalue weighted by Gasteiger charge is 2.08. The standard InChI is InChI=1S/C13H8Cl2N2S2/c14-9-3-1-2-4-10(9)19-7-11-16-12(15)8-5-6-18-13(8)17-11/h1-6H,7H2. The molecule has 0 aliphatic carbocycles. The summed E-state index contributed by atoms with van der Waals surface area (Å²) in [7, 11) is 0. The van der Waals surface area contributed by atoms with Crippen molar-refractivity contribution in [2.24, 2.45) is 0 Å². The number of halogens is 2. The van der Waals surface area contributed by atoms with E-state index in [-0.39, 0.29) is 0 Å². The molecule has 0 aliphatic rings. The lowest BCUT2D eigenvalue weighted by Crippen LogP contribution is -1.92. The summed E-state index contributed by atoms with van der Waals surface area (Å²) in [5.41, 5.74) is 0. The number of hydrogen-bond donors (Lipinski definition) is 0. The number of fused-ring (bicyclic) bond motifs is 1. The Morgan fingerprint density at radius 3 is 2.79 bits per heavy atom. The lowest BCUT2D eigenvalue weighted by atomic mass is 10.4. The molecule has 0 aliphatic heterocycles. The lowest BCUT2D eigenvalue weighted by molar-refractivity contribution is 1.08. The molecule has 2 nitrogen and oxygen atoms in total. The van der Waals surface area contributed by atoms with Gasteiger partial charge in [0, 0.05) is 10.3 Å². The Kier molecular flexibility index (Phi) is 3.93. The molecule has 2 heterocycles. The maximum atomic E-state index is 6.14. The zero-order chi connectivity index (χ0) is 13.2. The number of hydrogen-bond acceptors (Lipinski definition) is 4. The van der Waals surface area contributed by atoms with Crippen molar-refractivity contribution in [1.29, 1.82) is 0 Å². The molecule has 19 heavy (non-hydrogen) atoms. The van der Waals surface area contributed by atoms with E-state index < -0.39 is 0 Å². The van der Waals surface area contributed by atoms with Crippen molar-refractivity contribution in [2.75, 3.05) is 0 Å². The molecule has 96 valence electrons. The third-order valence-electron chi connectivity index (χ3n) is 2.52. The molecule has 6 heteroatoms. The van der Waals surface area contributed by atoms with E-state index in [2.05, 4.69) is 9.97 Å². The van der Waals surface area contributed by atoms with Crippen molar-refractivity contribution in [3.05, 3.63) is 51.7 Å². The molecule has 0 spiro atoms. The molecule has 2 aromatic heterocycles. The number of nitrogens with zero attached hydrogens (tertiary/aromatic N) is 2. The Labute approximate surface area is 128 Å². The highest BCUT2D eigenvalue weighted by molar-refractivity contribution is 7.98. The van der Waals surface area contributed by atoms with Crippen LogP contribution in [0.2, 0.25) is 10.2 Å². The van der Waals surface area contributed by atoms with Crippen LogP contribution in [0.1, 0.15) is 5.82 Å². The van der Waals surface area contributed by atoms with Crippen LogP contribution in [0.25, 0.3) is 10.2 Å². The van der Waals surface area contributed by atoms with Crippen molar-refractivity contribution in [1.82, 2.24) is 9.97 Å². The molecule has 0 fully saturated rings. The topological polar surface area (TPSA) is 25.8 Å². The number of thiophene rings is 1. The quantitative estimate of drug-likeness (QED) is 0.483. The third-order valence-corrected chi connectivity index (χ3v) is 5.12. The summed E-state index contributed by atoms with van der Waals surface area (Å²) in [4.78, 5) is 10.8. The van der Waals surface area contributed by atoms with Crippen LogP contribution < -0.4 is 0 Å². The van der Waals surface area contributed by atoms with Gasteiger partial charge in [0.25, 0.3) is 0 Å². The summed E-state index contributed by atoms with van der Waals surface area (Å²) >= 11 is 15.4. The first-order valence-electron chi connectivity index (χ1n) is 5.51. The first kappa shape index (κ1) is 13.2. The molecule has 0 saturated carbocycles. The Morgan fingerprint density at radius 1 is 1.11 bits per heavy atom. The Hall–Kier alpha value is -0.810. The van der Waals surface area contributed by atoms with Crippen molar-refractivity contribution in [3.8, 4) is 0 Å². The van der Waals surface area contributed by atoms with Crippen LogP contribution in [0.3, 0.4) is 0 Å². The minimum atomic E-state index is 0.515.